The number of nitrogens with one attached hydrogen (secondary N) is 1. The zero-order valence-corrected chi connectivity index (χ0v) is 15.2. The van der Waals surface area contributed by atoms with E-state index in [-0.39, 0.29) is 0 Å². The highest BCUT2D eigenvalue weighted by Gasteiger charge is 2.32. The van der Waals surface area contributed by atoms with Crippen molar-refractivity contribution < 1.29 is 0 Å². The molecule has 0 amide bonds. The average Bonchev–Trinajstić information content (AvgIpc) is 2.43. The van der Waals surface area contributed by atoms with Crippen LogP contribution in [0.25, 0.3) is 0 Å². The first-order valence-corrected chi connectivity index (χ1v) is 8.98. The first-order chi connectivity index (χ1) is 10.1. The molecule has 1 aliphatic rings. The van der Waals surface area contributed by atoms with Crippen LogP contribution in [0.15, 0.2) is 57.5 Å². The van der Waals surface area contributed by atoms with Crippen molar-refractivity contribution in [1.29, 1.82) is 0 Å². The van der Waals surface area contributed by atoms with Crippen molar-refractivity contribution in [3.8, 4) is 0 Å². The van der Waals surface area contributed by atoms with E-state index in [1.54, 1.807) is 0 Å². The summed E-state index contributed by atoms with van der Waals surface area (Å²) in [6.07, 6.45) is 2.45. The van der Waals surface area contributed by atoms with Crippen LogP contribution in [0.3, 0.4) is 0 Å². The largest absolute Gasteiger partial charge is 0.307 e. The lowest BCUT2D eigenvalue weighted by atomic mass is 9.75. The molecule has 1 saturated carbocycles. The highest BCUT2D eigenvalue weighted by atomic mass is 79.9. The second-order valence-electron chi connectivity index (χ2n) is 5.83. The van der Waals surface area contributed by atoms with Crippen molar-refractivity contribution in [1.82, 2.24) is 5.32 Å². The molecule has 1 nitrogen and oxygen atoms in total. The van der Waals surface area contributed by atoms with Gasteiger partial charge in [0, 0.05) is 21.0 Å². The van der Waals surface area contributed by atoms with Gasteiger partial charge in [0.05, 0.1) is 0 Å². The van der Waals surface area contributed by atoms with Crippen molar-refractivity contribution >= 4 is 31.9 Å². The lowest BCUT2D eigenvalue weighted by Crippen LogP contribution is -2.41. The van der Waals surface area contributed by atoms with Crippen molar-refractivity contribution in [2.75, 3.05) is 0 Å². The van der Waals surface area contributed by atoms with E-state index in [1.807, 2.05) is 0 Å². The molecule has 2 aromatic rings. The summed E-state index contributed by atoms with van der Waals surface area (Å²) in [6, 6.07) is 18.2. The van der Waals surface area contributed by atoms with Gasteiger partial charge in [-0.25, -0.2) is 0 Å². The fraction of sp³-hybridized carbons (Fsp3) is 0.333. The van der Waals surface area contributed by atoms with Gasteiger partial charge in [-0.1, -0.05) is 62.2 Å². The van der Waals surface area contributed by atoms with Gasteiger partial charge in [0.25, 0.3) is 0 Å². The van der Waals surface area contributed by atoms with Crippen molar-refractivity contribution in [3.05, 3.63) is 68.6 Å². The Labute approximate surface area is 143 Å². The summed E-state index contributed by atoms with van der Waals surface area (Å²) >= 11 is 7.20. The molecule has 0 unspecified atom stereocenters. The maximum Gasteiger partial charge on any atom is 0.0294 e. The lowest BCUT2D eigenvalue weighted by molar-refractivity contribution is 0.270. The van der Waals surface area contributed by atoms with E-state index >= 15 is 0 Å². The fourth-order valence-electron chi connectivity index (χ4n) is 3.04. The minimum atomic E-state index is 0.396. The molecule has 110 valence electrons. The van der Waals surface area contributed by atoms with E-state index in [1.165, 1.54) is 28.4 Å². The predicted molar refractivity (Wildman–Crippen MR) is 95.6 cm³/mol. The Morgan fingerprint density at radius 2 is 1.81 bits per heavy atom. The van der Waals surface area contributed by atoms with E-state index in [2.05, 4.69) is 92.6 Å². The molecule has 2 aromatic carbocycles. The maximum absolute atomic E-state index is 3.74. The summed E-state index contributed by atoms with van der Waals surface area (Å²) in [5.74, 6) is 0.688. The molecule has 3 rings (SSSR count). The summed E-state index contributed by atoms with van der Waals surface area (Å²) in [6.45, 7) is 2.24. The predicted octanol–water partition coefficient (Wildman–Crippen LogP) is 5.81. The molecule has 0 aromatic heterocycles. The van der Waals surface area contributed by atoms with Crippen LogP contribution in [0.2, 0.25) is 0 Å². The summed E-state index contributed by atoms with van der Waals surface area (Å²) < 4.78 is 2.39. The number of hydrogen-bond donors (Lipinski definition) is 1. The Morgan fingerprint density at radius 3 is 2.52 bits per heavy atom. The van der Waals surface area contributed by atoms with Crippen LogP contribution >= 0.6 is 31.9 Å². The molecule has 3 heteroatoms. The summed E-state index contributed by atoms with van der Waals surface area (Å²) in [5, 5.41) is 3.74. The van der Waals surface area contributed by atoms with Crippen LogP contribution < -0.4 is 5.32 Å². The Morgan fingerprint density at radius 1 is 1.05 bits per heavy atom. The lowest BCUT2D eigenvalue weighted by Gasteiger charge is -2.38. The monoisotopic (exact) mass is 407 g/mol. The third-order valence-corrected chi connectivity index (χ3v) is 5.53. The number of hydrogen-bond acceptors (Lipinski definition) is 1. The number of halogens is 2. The molecule has 1 fully saturated rings. The molecular formula is C18H19Br2N. The molecule has 0 spiro atoms. The van der Waals surface area contributed by atoms with Crippen molar-refractivity contribution in [3.63, 3.8) is 0 Å². The quantitative estimate of drug-likeness (QED) is 0.673. The molecule has 0 aliphatic heterocycles. The molecule has 1 N–H and O–H groups in total. The van der Waals surface area contributed by atoms with Gasteiger partial charge in [-0.2, -0.15) is 0 Å². The smallest absolute Gasteiger partial charge is 0.0294 e. The van der Waals surface area contributed by atoms with Gasteiger partial charge < -0.3 is 5.32 Å². The molecule has 0 heterocycles. The van der Waals surface area contributed by atoms with E-state index in [4.69, 9.17) is 0 Å². The Hall–Kier alpha value is -0.640. The van der Waals surface area contributed by atoms with Gasteiger partial charge in [0.2, 0.25) is 0 Å². The van der Waals surface area contributed by atoms with Gasteiger partial charge in [-0.05, 0) is 55.0 Å². The van der Waals surface area contributed by atoms with Crippen LogP contribution in [-0.4, -0.2) is 6.04 Å². The standard InChI is InChI=1S/C18H19Br2N/c1-12(13-5-4-6-15(19)9-13)21-16-10-14(11-16)17-7-2-3-8-18(17)20/h2-9,12,14,16,21H,10-11H2,1H3/t12-,14?,16?/m1/s1. The summed E-state index contributed by atoms with van der Waals surface area (Å²) in [7, 11) is 0. The zero-order valence-electron chi connectivity index (χ0n) is 12.0. The minimum absolute atomic E-state index is 0.396. The Balaban J connectivity index is 1.56. The van der Waals surface area contributed by atoms with E-state index in [0.717, 1.165) is 4.47 Å². The third-order valence-electron chi connectivity index (χ3n) is 4.32. The highest BCUT2D eigenvalue weighted by Crippen LogP contribution is 2.40. The zero-order chi connectivity index (χ0) is 14.8. The van der Waals surface area contributed by atoms with Crippen LogP contribution in [-0.2, 0) is 0 Å². The Kier molecular flexibility index (Phi) is 4.82. The van der Waals surface area contributed by atoms with Crippen LogP contribution in [0.4, 0.5) is 0 Å². The van der Waals surface area contributed by atoms with Crippen LogP contribution in [0.1, 0.15) is 42.9 Å². The summed E-state index contributed by atoms with van der Waals surface area (Å²) in [4.78, 5) is 0. The average molecular weight is 409 g/mol. The van der Waals surface area contributed by atoms with Crippen molar-refractivity contribution in [2.45, 2.75) is 37.8 Å². The van der Waals surface area contributed by atoms with Gasteiger partial charge >= 0.3 is 0 Å². The highest BCUT2D eigenvalue weighted by molar-refractivity contribution is 9.10. The minimum Gasteiger partial charge on any atom is -0.307 e. The SMILES string of the molecule is C[C@@H](NC1CC(c2ccccc2Br)C1)c1cccc(Br)c1. The Bertz CT molecular complexity index is 620. The number of rotatable bonds is 4. The number of benzene rings is 2. The molecule has 1 aliphatic carbocycles. The van der Waals surface area contributed by atoms with Crippen LogP contribution in [0.5, 0.6) is 0 Å². The third kappa shape index (κ3) is 3.58. The van der Waals surface area contributed by atoms with Gasteiger partial charge in [-0.15, -0.1) is 0 Å². The van der Waals surface area contributed by atoms with E-state index in [0.29, 0.717) is 18.0 Å². The van der Waals surface area contributed by atoms with Crippen LogP contribution in [0, 0.1) is 0 Å². The second kappa shape index (κ2) is 6.64. The van der Waals surface area contributed by atoms with Gasteiger partial charge in [0.15, 0.2) is 0 Å². The first kappa shape index (κ1) is 15.3. The maximum atomic E-state index is 3.74. The second-order valence-corrected chi connectivity index (χ2v) is 7.60. The topological polar surface area (TPSA) is 12.0 Å². The van der Waals surface area contributed by atoms with E-state index < -0.39 is 0 Å². The molecule has 0 radical (unpaired) electrons. The van der Waals surface area contributed by atoms with Crippen molar-refractivity contribution in [2.24, 2.45) is 0 Å². The molecule has 0 bridgehead atoms. The molecule has 1 atom stereocenters. The molecular weight excluding hydrogens is 390 g/mol. The van der Waals surface area contributed by atoms with Gasteiger partial charge in [-0.3, -0.25) is 0 Å². The molecule has 0 saturated heterocycles. The molecule has 21 heavy (non-hydrogen) atoms. The normalized spacial score (nSPS) is 22.6. The fourth-order valence-corrected chi connectivity index (χ4v) is 4.07. The van der Waals surface area contributed by atoms with Gasteiger partial charge in [0.1, 0.15) is 0 Å². The van der Waals surface area contributed by atoms with E-state index in [9.17, 15) is 0 Å². The first-order valence-electron chi connectivity index (χ1n) is 7.39. The summed E-state index contributed by atoms with van der Waals surface area (Å²) in [5.41, 5.74) is 2.79.